The van der Waals surface area contributed by atoms with Crippen LogP contribution in [-0.4, -0.2) is 16.4 Å². The first-order valence-electron chi connectivity index (χ1n) is 2.95. The third kappa shape index (κ3) is 11.9. The van der Waals surface area contributed by atoms with Gasteiger partial charge in [-0.15, -0.1) is 0 Å². The Morgan fingerprint density at radius 2 is 1.33 bits per heavy atom. The lowest BCUT2D eigenvalue weighted by molar-refractivity contribution is -0.110. The van der Waals surface area contributed by atoms with Crippen molar-refractivity contribution >= 4 is 15.6 Å². The Morgan fingerprint density at radius 1 is 1.00 bits per heavy atom. The first kappa shape index (κ1) is 17.4. The van der Waals surface area contributed by atoms with Crippen molar-refractivity contribution in [2.75, 3.05) is 6.61 Å². The summed E-state index contributed by atoms with van der Waals surface area (Å²) >= 11 is 0. The van der Waals surface area contributed by atoms with Gasteiger partial charge in [0, 0.05) is 0 Å². The topological polar surface area (TPSA) is 112 Å². The lowest BCUT2D eigenvalue weighted by Gasteiger charge is -2.00. The first-order valence-corrected chi connectivity index (χ1v) is 5.95. The molecule has 8 nitrogen and oxygen atoms in total. The fourth-order valence-corrected chi connectivity index (χ4v) is 0.581. The number of hydrogen-bond acceptors (Lipinski definition) is 6. The quantitative estimate of drug-likeness (QED) is 0.733. The van der Waals surface area contributed by atoms with Crippen LogP contribution in [0.4, 0.5) is 13.6 Å². The standard InChI is InChI=1S/C2H6FO4P.F2HO4P/c1-2-6-8(4,5)7-3;1-5-7(3,4)6-2/h2H2,1H3,(H,4,5);(H,3,4). The summed E-state index contributed by atoms with van der Waals surface area (Å²) in [4.78, 5) is 15.6. The molecule has 94 valence electrons. The van der Waals surface area contributed by atoms with E-state index in [-0.39, 0.29) is 6.61 Å². The van der Waals surface area contributed by atoms with Crippen LogP contribution in [0.5, 0.6) is 0 Å². The number of phosphoric ester groups is 1. The Labute approximate surface area is 81.4 Å². The molecule has 0 aromatic carbocycles. The molecule has 1 unspecified atom stereocenters. The van der Waals surface area contributed by atoms with Gasteiger partial charge in [-0.05, 0) is 20.5 Å². The van der Waals surface area contributed by atoms with Crippen molar-refractivity contribution < 1.29 is 51.2 Å². The summed E-state index contributed by atoms with van der Waals surface area (Å²) in [6, 6.07) is 0. The lowest BCUT2D eigenvalue weighted by Crippen LogP contribution is -1.86. The van der Waals surface area contributed by atoms with Gasteiger partial charge in [0.15, 0.2) is 0 Å². The summed E-state index contributed by atoms with van der Waals surface area (Å²) in [5.41, 5.74) is 0. The molecule has 2 N–H and O–H groups in total. The van der Waals surface area contributed by atoms with E-state index in [1.807, 2.05) is 0 Å². The van der Waals surface area contributed by atoms with E-state index in [1.165, 1.54) is 6.92 Å². The summed E-state index contributed by atoms with van der Waals surface area (Å²) in [6.07, 6.45) is 0. The number of hydrogen-bond donors (Lipinski definition) is 2. The normalized spacial score (nSPS) is 15.1. The Bertz CT molecular complexity index is 238. The van der Waals surface area contributed by atoms with Crippen LogP contribution in [0.2, 0.25) is 0 Å². The van der Waals surface area contributed by atoms with Crippen molar-refractivity contribution in [1.82, 2.24) is 0 Å². The van der Waals surface area contributed by atoms with Gasteiger partial charge in [-0.3, -0.25) is 9.42 Å². The third-order valence-corrected chi connectivity index (χ3v) is 1.66. The predicted molar refractivity (Wildman–Crippen MR) is 37.9 cm³/mol. The number of phosphoric acid groups is 2. The van der Waals surface area contributed by atoms with Gasteiger partial charge in [0.05, 0.1) is 6.61 Å². The highest BCUT2D eigenvalue weighted by Gasteiger charge is 2.22. The maximum atomic E-state index is 10.8. The SMILES string of the molecule is CCOP(=O)(O)OF.O=P(O)(OF)OF. The molecular weight excluding hydrogens is 271 g/mol. The molecule has 15 heavy (non-hydrogen) atoms. The second-order valence-electron chi connectivity index (χ2n) is 1.56. The van der Waals surface area contributed by atoms with Gasteiger partial charge in [0.1, 0.15) is 0 Å². The Balaban J connectivity index is 0. The summed E-state index contributed by atoms with van der Waals surface area (Å²) < 4.78 is 61.5. The molecule has 0 aromatic rings. The number of rotatable bonds is 5. The van der Waals surface area contributed by atoms with Crippen LogP contribution in [0.3, 0.4) is 0 Å². The largest absolute Gasteiger partial charge is 0.534 e. The third-order valence-electron chi connectivity index (χ3n) is 0.554. The molecule has 0 saturated carbocycles. The van der Waals surface area contributed by atoms with Crippen LogP contribution < -0.4 is 0 Å². The van der Waals surface area contributed by atoms with E-state index < -0.39 is 15.6 Å². The zero-order valence-electron chi connectivity index (χ0n) is 7.08. The van der Waals surface area contributed by atoms with E-state index in [4.69, 9.17) is 9.79 Å². The molecule has 0 heterocycles. The Hall–Kier alpha value is 0.01000. The van der Waals surface area contributed by atoms with Gasteiger partial charge >= 0.3 is 15.6 Å². The minimum absolute atomic E-state index is 0.0578. The molecule has 0 bridgehead atoms. The van der Waals surface area contributed by atoms with Gasteiger partial charge in [0.25, 0.3) is 0 Å². The molecule has 0 saturated heterocycles. The molecule has 0 aliphatic rings. The zero-order valence-corrected chi connectivity index (χ0v) is 8.87. The second kappa shape index (κ2) is 8.20. The molecular formula is C2H7F3O8P2. The minimum atomic E-state index is -4.99. The van der Waals surface area contributed by atoms with E-state index in [0.717, 1.165) is 0 Å². The smallest absolute Gasteiger partial charge is 0.301 e. The highest BCUT2D eigenvalue weighted by molar-refractivity contribution is 7.47. The summed E-state index contributed by atoms with van der Waals surface area (Å²) in [5.74, 6) is 0. The van der Waals surface area contributed by atoms with Gasteiger partial charge in [-0.1, -0.05) is 14.2 Å². The molecule has 0 fully saturated rings. The zero-order chi connectivity index (χ0) is 12.5. The van der Waals surface area contributed by atoms with E-state index in [1.54, 1.807) is 0 Å². The average molecular weight is 278 g/mol. The highest BCUT2D eigenvalue weighted by atomic mass is 31.2. The van der Waals surface area contributed by atoms with Gasteiger partial charge < -0.3 is 4.89 Å². The molecule has 0 rings (SSSR count). The summed E-state index contributed by atoms with van der Waals surface area (Å²) in [6.45, 7) is 1.39. The first-order chi connectivity index (χ1) is 6.74. The summed E-state index contributed by atoms with van der Waals surface area (Å²) in [7, 11) is -9.33. The van der Waals surface area contributed by atoms with Crippen molar-refractivity contribution in [3.63, 3.8) is 0 Å². The van der Waals surface area contributed by atoms with E-state index in [9.17, 15) is 22.7 Å². The molecule has 0 aliphatic heterocycles. The molecule has 13 heteroatoms. The van der Waals surface area contributed by atoms with Gasteiger partial charge in [0.2, 0.25) is 0 Å². The second-order valence-corrected chi connectivity index (χ2v) is 4.11. The van der Waals surface area contributed by atoms with E-state index >= 15 is 0 Å². The molecule has 0 aliphatic carbocycles. The van der Waals surface area contributed by atoms with Crippen molar-refractivity contribution in [3.8, 4) is 0 Å². The van der Waals surface area contributed by atoms with Gasteiger partial charge in [-0.25, -0.2) is 9.13 Å². The van der Waals surface area contributed by atoms with Crippen LogP contribution >= 0.6 is 15.6 Å². The van der Waals surface area contributed by atoms with Crippen LogP contribution in [-0.2, 0) is 27.8 Å². The molecule has 1 atom stereocenters. The fourth-order valence-electron chi connectivity index (χ4n) is 0.194. The molecule has 0 amide bonds. The minimum Gasteiger partial charge on any atom is -0.301 e. The van der Waals surface area contributed by atoms with Crippen molar-refractivity contribution in [1.29, 1.82) is 0 Å². The van der Waals surface area contributed by atoms with Gasteiger partial charge in [-0.2, -0.15) is 0 Å². The lowest BCUT2D eigenvalue weighted by atomic mass is 10.9. The average Bonchev–Trinajstić information content (AvgIpc) is 2.19. The maximum Gasteiger partial charge on any atom is 0.534 e. The summed E-state index contributed by atoms with van der Waals surface area (Å²) in [5, 5.41) is 0. The predicted octanol–water partition coefficient (Wildman–Crippen LogP) is 1.91. The van der Waals surface area contributed by atoms with Crippen molar-refractivity contribution in [2.45, 2.75) is 6.92 Å². The van der Waals surface area contributed by atoms with Crippen LogP contribution in [0.15, 0.2) is 0 Å². The monoisotopic (exact) mass is 278 g/mol. The Kier molecular flexibility index (Phi) is 9.51. The number of halogens is 3. The van der Waals surface area contributed by atoms with E-state index in [0.29, 0.717) is 0 Å². The van der Waals surface area contributed by atoms with Crippen LogP contribution in [0.25, 0.3) is 0 Å². The fraction of sp³-hybridized carbons (Fsp3) is 1.00. The maximum absolute atomic E-state index is 10.8. The molecule has 0 radical (unpaired) electrons. The highest BCUT2D eigenvalue weighted by Crippen LogP contribution is 2.43. The molecule has 0 aromatic heterocycles. The molecule has 0 spiro atoms. The van der Waals surface area contributed by atoms with Crippen molar-refractivity contribution in [2.24, 2.45) is 0 Å². The van der Waals surface area contributed by atoms with E-state index in [2.05, 4.69) is 18.7 Å². The van der Waals surface area contributed by atoms with Crippen molar-refractivity contribution in [3.05, 3.63) is 0 Å². The van der Waals surface area contributed by atoms with Crippen LogP contribution in [0.1, 0.15) is 6.92 Å². The Morgan fingerprint density at radius 3 is 1.40 bits per heavy atom. The van der Waals surface area contributed by atoms with Crippen LogP contribution in [0, 0.1) is 0 Å².